The van der Waals surface area contributed by atoms with Crippen molar-refractivity contribution in [3.05, 3.63) is 64.2 Å². The summed E-state index contributed by atoms with van der Waals surface area (Å²) in [6.45, 7) is 2.30. The van der Waals surface area contributed by atoms with Crippen LogP contribution in [0.25, 0.3) is 36.5 Å². The van der Waals surface area contributed by atoms with Crippen molar-refractivity contribution in [2.24, 2.45) is 0 Å². The van der Waals surface area contributed by atoms with Crippen LogP contribution in [0.5, 0.6) is 11.5 Å². The first kappa shape index (κ1) is 28.8. The molecule has 1 amide bonds. The van der Waals surface area contributed by atoms with Crippen LogP contribution < -0.4 is 14.8 Å². The maximum absolute atomic E-state index is 11.8. The molecule has 0 spiro atoms. The number of nitrogens with one attached hydrogen (secondary N) is 1. The van der Waals surface area contributed by atoms with E-state index in [1.807, 2.05) is 40.4 Å². The normalized spacial score (nSPS) is 14.5. The predicted molar refractivity (Wildman–Crippen MR) is 173 cm³/mol. The lowest BCUT2D eigenvalue weighted by molar-refractivity contribution is 0.0963. The molecular weight excluding hydrogens is 617 g/mol. The average molecular weight is 647 g/mol. The molecule has 0 unspecified atom stereocenters. The molecule has 5 heterocycles. The van der Waals surface area contributed by atoms with Crippen molar-refractivity contribution >= 4 is 55.1 Å². The minimum atomic E-state index is -0.113. The Morgan fingerprint density at radius 2 is 1.89 bits per heavy atom. The van der Waals surface area contributed by atoms with Crippen LogP contribution >= 0.6 is 34.0 Å². The van der Waals surface area contributed by atoms with Gasteiger partial charge < -0.3 is 19.5 Å². The molecule has 1 aliphatic heterocycles. The molecule has 1 saturated heterocycles. The number of aromatic nitrogens is 5. The molecule has 10 nitrogen and oxygen atoms in total. The highest BCUT2D eigenvalue weighted by Gasteiger charge is 2.28. The smallest absolute Gasteiger partial charge is 0.251 e. The van der Waals surface area contributed by atoms with Gasteiger partial charge in [0.25, 0.3) is 5.91 Å². The minimum absolute atomic E-state index is 0.113. The second-order valence-corrected chi connectivity index (χ2v) is 13.3. The summed E-state index contributed by atoms with van der Waals surface area (Å²) in [4.78, 5) is 27.1. The number of amides is 1. The summed E-state index contributed by atoms with van der Waals surface area (Å²) < 4.78 is 19.5. The Morgan fingerprint density at radius 3 is 2.57 bits per heavy atom. The fourth-order valence-electron chi connectivity index (χ4n) is 4.70. The van der Waals surface area contributed by atoms with Gasteiger partial charge in [-0.1, -0.05) is 23.5 Å². The van der Waals surface area contributed by atoms with E-state index in [1.54, 1.807) is 37.6 Å². The molecule has 6 aromatic rings. The van der Waals surface area contributed by atoms with Crippen molar-refractivity contribution in [2.45, 2.75) is 38.2 Å². The number of benzene rings is 2. The predicted octanol–water partition coefficient (Wildman–Crippen LogP) is 6.81. The number of ether oxygens (including phenoxy) is 3. The highest BCUT2D eigenvalue weighted by molar-refractivity contribution is 7.22. The lowest BCUT2D eigenvalue weighted by Gasteiger charge is -2.07. The molecule has 4 aromatic heterocycles. The summed E-state index contributed by atoms with van der Waals surface area (Å²) in [5, 5.41) is 12.2. The van der Waals surface area contributed by atoms with Crippen molar-refractivity contribution in [3.8, 4) is 32.8 Å². The highest BCUT2D eigenvalue weighted by atomic mass is 32.1. The lowest BCUT2D eigenvalue weighted by atomic mass is 10.1. The molecule has 1 aliphatic carbocycles. The Labute approximate surface area is 265 Å². The van der Waals surface area contributed by atoms with E-state index in [4.69, 9.17) is 34.3 Å². The van der Waals surface area contributed by atoms with E-state index in [-0.39, 0.29) is 5.91 Å². The van der Waals surface area contributed by atoms with Crippen LogP contribution in [0.2, 0.25) is 0 Å². The summed E-state index contributed by atoms with van der Waals surface area (Å²) in [7, 11) is 3.25. The van der Waals surface area contributed by atoms with Crippen LogP contribution in [0.4, 0.5) is 0 Å². The van der Waals surface area contributed by atoms with E-state index in [0.29, 0.717) is 29.6 Å². The second kappa shape index (κ2) is 12.6. The molecule has 0 bridgehead atoms. The van der Waals surface area contributed by atoms with Gasteiger partial charge in [0.15, 0.2) is 0 Å². The van der Waals surface area contributed by atoms with Crippen molar-refractivity contribution in [1.82, 2.24) is 29.9 Å². The lowest BCUT2D eigenvalue weighted by Crippen LogP contribution is -2.17. The first-order valence-corrected chi connectivity index (χ1v) is 16.9. The van der Waals surface area contributed by atoms with E-state index in [2.05, 4.69) is 5.32 Å². The number of carbonyl (C=O) groups is 1. The van der Waals surface area contributed by atoms with Gasteiger partial charge in [-0.3, -0.25) is 4.79 Å². The van der Waals surface area contributed by atoms with Crippen LogP contribution in [-0.4, -0.2) is 57.8 Å². The van der Waals surface area contributed by atoms with Crippen LogP contribution in [0.1, 0.15) is 52.7 Å². The molecule has 2 fully saturated rings. The van der Waals surface area contributed by atoms with Crippen LogP contribution in [0.15, 0.2) is 48.0 Å². The fraction of sp³-hybridized carbons (Fsp3) is 0.323. The molecule has 2 aromatic carbocycles. The number of rotatable bonds is 8. The van der Waals surface area contributed by atoms with E-state index < -0.39 is 0 Å². The second-order valence-electron chi connectivity index (χ2n) is 10.5. The molecule has 0 atom stereocenters. The average Bonchev–Trinajstić information content (AvgIpc) is 3.63. The summed E-state index contributed by atoms with van der Waals surface area (Å²) in [6, 6.07) is 11.2. The molecule has 0 radical (unpaired) electrons. The third kappa shape index (κ3) is 6.18. The SMILES string of the molecule is C1CCOC1.CNC(=O)c1ccc(-c2nc(COc3cc(OC)cc4nc(-c5cn6nc(C7CC7)sc6n5)sc34)cs2)cc1. The minimum Gasteiger partial charge on any atom is -0.497 e. The molecule has 1 saturated carbocycles. The van der Waals surface area contributed by atoms with Crippen molar-refractivity contribution in [3.63, 3.8) is 0 Å². The van der Waals surface area contributed by atoms with Crippen LogP contribution in [-0.2, 0) is 11.3 Å². The number of imidazole rings is 1. The fourth-order valence-corrected chi connectivity index (χ4v) is 7.53. The van der Waals surface area contributed by atoms with Gasteiger partial charge in [-0.25, -0.2) is 19.5 Å². The zero-order valence-corrected chi connectivity index (χ0v) is 26.7. The van der Waals surface area contributed by atoms with Crippen LogP contribution in [0, 0.1) is 0 Å². The largest absolute Gasteiger partial charge is 0.497 e. The van der Waals surface area contributed by atoms with Gasteiger partial charge in [0.2, 0.25) is 4.96 Å². The van der Waals surface area contributed by atoms with Crippen molar-refractivity contribution in [2.75, 3.05) is 27.4 Å². The molecule has 8 rings (SSSR count). The molecule has 1 N–H and O–H groups in total. The van der Waals surface area contributed by atoms with Gasteiger partial charge in [0, 0.05) is 54.8 Å². The van der Waals surface area contributed by atoms with E-state index in [9.17, 15) is 4.79 Å². The summed E-state index contributed by atoms with van der Waals surface area (Å²) in [5.41, 5.74) is 3.98. The van der Waals surface area contributed by atoms with E-state index in [1.165, 1.54) is 53.4 Å². The number of methoxy groups -OCH3 is 1. The Hall–Kier alpha value is -3.91. The number of nitrogens with zero attached hydrogens (tertiary/aromatic N) is 5. The van der Waals surface area contributed by atoms with Crippen LogP contribution in [0.3, 0.4) is 0 Å². The van der Waals surface area contributed by atoms with E-state index in [0.717, 1.165) is 55.4 Å². The molecular formula is C31H30N6O4S3. The van der Waals surface area contributed by atoms with Gasteiger partial charge in [-0.15, -0.1) is 22.7 Å². The van der Waals surface area contributed by atoms with E-state index >= 15 is 0 Å². The van der Waals surface area contributed by atoms with Gasteiger partial charge in [0.1, 0.15) is 38.8 Å². The first-order chi connectivity index (χ1) is 21.6. The highest BCUT2D eigenvalue weighted by Crippen LogP contribution is 2.43. The zero-order chi connectivity index (χ0) is 30.0. The summed E-state index contributed by atoms with van der Waals surface area (Å²) in [5.74, 6) is 1.86. The first-order valence-electron chi connectivity index (χ1n) is 14.4. The van der Waals surface area contributed by atoms with Gasteiger partial charge >= 0.3 is 0 Å². The maximum Gasteiger partial charge on any atom is 0.251 e. The monoisotopic (exact) mass is 646 g/mol. The number of hydrogen-bond acceptors (Lipinski definition) is 11. The van der Waals surface area contributed by atoms with Crippen molar-refractivity contribution in [1.29, 1.82) is 0 Å². The standard InChI is InChI=1S/C27H22N6O3S3.C4H8O/c1-28-23(34)14-3-5-15(6-4-14)24-29-17(13-37-24)12-36-21-10-18(35-2)9-19-22(21)38-26(30-19)20-11-33-27(31-20)39-25(32-33)16-7-8-16;1-2-4-5-3-1/h3-6,9-11,13,16H,7-8,12H2,1-2H3,(H,28,34);1-4H2. The molecule has 226 valence electrons. The quantitative estimate of drug-likeness (QED) is 0.192. The van der Waals surface area contributed by atoms with Gasteiger partial charge in [-0.2, -0.15) is 5.10 Å². The molecule has 44 heavy (non-hydrogen) atoms. The van der Waals surface area contributed by atoms with Crippen molar-refractivity contribution < 1.29 is 19.0 Å². The Morgan fingerprint density at radius 1 is 1.07 bits per heavy atom. The number of carbonyl (C=O) groups excluding carboxylic acids is 1. The number of fused-ring (bicyclic) bond motifs is 2. The number of thiazole rings is 2. The Bertz CT molecular complexity index is 1880. The molecule has 13 heteroatoms. The third-order valence-electron chi connectivity index (χ3n) is 7.25. The third-order valence-corrected chi connectivity index (χ3v) is 10.4. The zero-order valence-electron chi connectivity index (χ0n) is 24.2. The maximum atomic E-state index is 11.8. The Kier molecular flexibility index (Phi) is 8.26. The summed E-state index contributed by atoms with van der Waals surface area (Å²) >= 11 is 4.73. The summed E-state index contributed by atoms with van der Waals surface area (Å²) in [6.07, 6.45) is 6.95. The Balaban J connectivity index is 0.000000571. The van der Waals surface area contributed by atoms with Gasteiger partial charge in [-0.05, 0) is 37.8 Å². The molecule has 2 aliphatic rings. The topological polar surface area (TPSA) is 113 Å². The van der Waals surface area contributed by atoms with Gasteiger partial charge in [0.05, 0.1) is 29.2 Å². The number of hydrogen-bond donors (Lipinski definition) is 1.